The van der Waals surface area contributed by atoms with Crippen LogP contribution >= 0.6 is 0 Å². The predicted octanol–water partition coefficient (Wildman–Crippen LogP) is 4.11. The summed E-state index contributed by atoms with van der Waals surface area (Å²) in [6.07, 6.45) is 13.9. The average molecular weight is 248 g/mol. The van der Waals surface area contributed by atoms with Crippen molar-refractivity contribution in [2.75, 3.05) is 6.54 Å². The van der Waals surface area contributed by atoms with Gasteiger partial charge in [-0.25, -0.2) is 0 Å². The lowest BCUT2D eigenvalue weighted by Crippen LogP contribution is -2.47. The van der Waals surface area contributed by atoms with Crippen molar-refractivity contribution >= 4 is 0 Å². The van der Waals surface area contributed by atoms with Gasteiger partial charge in [0.2, 0.25) is 0 Å². The standard InChI is InChI=1S/C16H28N2/c1-14(12-17)13-18(15-8-4-2-5-9-15)16-10-6-3-7-11-16/h14-16H,2-11,13H2,1H3. The fourth-order valence-electron chi connectivity index (χ4n) is 3.78. The highest BCUT2D eigenvalue weighted by Crippen LogP contribution is 2.30. The Morgan fingerprint density at radius 3 is 1.78 bits per heavy atom. The first-order valence-corrected chi connectivity index (χ1v) is 7.96. The fraction of sp³-hybridized carbons (Fsp3) is 0.938. The summed E-state index contributed by atoms with van der Waals surface area (Å²) < 4.78 is 0. The van der Waals surface area contributed by atoms with Crippen molar-refractivity contribution in [1.29, 1.82) is 5.26 Å². The molecule has 2 aliphatic carbocycles. The van der Waals surface area contributed by atoms with Crippen molar-refractivity contribution in [3.8, 4) is 6.07 Å². The van der Waals surface area contributed by atoms with Gasteiger partial charge in [-0.2, -0.15) is 5.26 Å². The summed E-state index contributed by atoms with van der Waals surface area (Å²) in [4.78, 5) is 2.73. The lowest BCUT2D eigenvalue weighted by molar-refractivity contribution is 0.0732. The quantitative estimate of drug-likeness (QED) is 0.748. The highest BCUT2D eigenvalue weighted by molar-refractivity contribution is 4.89. The van der Waals surface area contributed by atoms with E-state index in [0.717, 1.165) is 18.6 Å². The van der Waals surface area contributed by atoms with Gasteiger partial charge < -0.3 is 0 Å². The van der Waals surface area contributed by atoms with Gasteiger partial charge in [-0.3, -0.25) is 4.90 Å². The molecule has 0 amide bonds. The van der Waals surface area contributed by atoms with Crippen molar-refractivity contribution < 1.29 is 0 Å². The Bertz CT molecular complexity index is 251. The van der Waals surface area contributed by atoms with Crippen LogP contribution in [-0.4, -0.2) is 23.5 Å². The second kappa shape index (κ2) is 7.14. The fourth-order valence-corrected chi connectivity index (χ4v) is 3.78. The number of nitriles is 1. The molecule has 2 saturated carbocycles. The Morgan fingerprint density at radius 1 is 0.944 bits per heavy atom. The summed E-state index contributed by atoms with van der Waals surface area (Å²) in [5.74, 6) is 0.189. The molecule has 0 aromatic rings. The van der Waals surface area contributed by atoms with Gasteiger partial charge in [0.25, 0.3) is 0 Å². The molecule has 2 heteroatoms. The molecule has 0 aliphatic heterocycles. The lowest BCUT2D eigenvalue weighted by Gasteiger charge is -2.42. The van der Waals surface area contributed by atoms with Crippen LogP contribution in [0.2, 0.25) is 0 Å². The lowest BCUT2D eigenvalue weighted by atomic mass is 9.88. The van der Waals surface area contributed by atoms with Crippen LogP contribution in [-0.2, 0) is 0 Å². The molecule has 102 valence electrons. The molecule has 2 nitrogen and oxygen atoms in total. The summed E-state index contributed by atoms with van der Waals surface area (Å²) in [6, 6.07) is 3.98. The molecule has 18 heavy (non-hydrogen) atoms. The number of hydrogen-bond donors (Lipinski definition) is 0. The molecule has 2 aliphatic rings. The minimum Gasteiger partial charge on any atom is -0.296 e. The molecular weight excluding hydrogens is 220 g/mol. The van der Waals surface area contributed by atoms with Crippen LogP contribution in [0.1, 0.15) is 71.1 Å². The maximum atomic E-state index is 9.10. The summed E-state index contributed by atoms with van der Waals surface area (Å²) in [6.45, 7) is 3.09. The van der Waals surface area contributed by atoms with Crippen LogP contribution < -0.4 is 0 Å². The van der Waals surface area contributed by atoms with Gasteiger partial charge in [0.15, 0.2) is 0 Å². The molecule has 2 rings (SSSR count). The molecule has 0 aromatic heterocycles. The van der Waals surface area contributed by atoms with Gasteiger partial charge in [-0.05, 0) is 32.6 Å². The van der Waals surface area contributed by atoms with E-state index >= 15 is 0 Å². The Morgan fingerprint density at radius 2 is 1.39 bits per heavy atom. The molecule has 1 unspecified atom stereocenters. The average Bonchev–Trinajstić information content (AvgIpc) is 2.46. The first kappa shape index (κ1) is 13.9. The molecular formula is C16H28N2. The first-order chi connectivity index (χ1) is 8.81. The van der Waals surface area contributed by atoms with E-state index in [9.17, 15) is 0 Å². The number of rotatable bonds is 4. The number of hydrogen-bond acceptors (Lipinski definition) is 2. The Kier molecular flexibility index (Phi) is 5.50. The Labute approximate surface area is 112 Å². The van der Waals surface area contributed by atoms with Gasteiger partial charge in [-0.15, -0.1) is 0 Å². The van der Waals surface area contributed by atoms with Crippen LogP contribution in [0, 0.1) is 17.2 Å². The third-order valence-electron chi connectivity index (χ3n) is 4.79. The molecule has 0 saturated heterocycles. The molecule has 0 bridgehead atoms. The third kappa shape index (κ3) is 3.72. The van der Waals surface area contributed by atoms with E-state index in [1.165, 1.54) is 64.2 Å². The van der Waals surface area contributed by atoms with Crippen LogP contribution in [0.4, 0.5) is 0 Å². The van der Waals surface area contributed by atoms with Crippen LogP contribution in [0.3, 0.4) is 0 Å². The van der Waals surface area contributed by atoms with Gasteiger partial charge in [-0.1, -0.05) is 38.5 Å². The van der Waals surface area contributed by atoms with Crippen molar-refractivity contribution in [2.24, 2.45) is 5.92 Å². The SMILES string of the molecule is CC(C#N)CN(C1CCCCC1)C1CCCCC1. The third-order valence-corrected chi connectivity index (χ3v) is 4.79. The molecule has 0 aromatic carbocycles. The molecule has 1 atom stereocenters. The number of nitrogens with zero attached hydrogens (tertiary/aromatic N) is 2. The first-order valence-electron chi connectivity index (χ1n) is 7.96. The zero-order valence-corrected chi connectivity index (χ0v) is 11.9. The summed E-state index contributed by atoms with van der Waals surface area (Å²) in [7, 11) is 0. The van der Waals surface area contributed by atoms with Crippen molar-refractivity contribution in [3.05, 3.63) is 0 Å². The zero-order valence-electron chi connectivity index (χ0n) is 11.9. The summed E-state index contributed by atoms with van der Waals surface area (Å²) >= 11 is 0. The summed E-state index contributed by atoms with van der Waals surface area (Å²) in [5.41, 5.74) is 0. The zero-order chi connectivity index (χ0) is 12.8. The molecule has 2 fully saturated rings. The predicted molar refractivity (Wildman–Crippen MR) is 75.2 cm³/mol. The topological polar surface area (TPSA) is 27.0 Å². The molecule has 0 spiro atoms. The minimum absolute atomic E-state index is 0.189. The van der Waals surface area contributed by atoms with E-state index in [1.807, 2.05) is 0 Å². The van der Waals surface area contributed by atoms with E-state index in [1.54, 1.807) is 0 Å². The Hall–Kier alpha value is -0.550. The van der Waals surface area contributed by atoms with Crippen LogP contribution in [0.15, 0.2) is 0 Å². The van der Waals surface area contributed by atoms with Crippen LogP contribution in [0.25, 0.3) is 0 Å². The highest BCUT2D eigenvalue weighted by atomic mass is 15.2. The maximum Gasteiger partial charge on any atom is 0.0666 e. The van der Waals surface area contributed by atoms with Gasteiger partial charge >= 0.3 is 0 Å². The second-order valence-corrected chi connectivity index (χ2v) is 6.31. The van der Waals surface area contributed by atoms with Gasteiger partial charge in [0.05, 0.1) is 12.0 Å². The second-order valence-electron chi connectivity index (χ2n) is 6.31. The molecule has 0 radical (unpaired) electrons. The molecule has 0 N–H and O–H groups in total. The normalized spacial score (nSPS) is 24.9. The highest BCUT2D eigenvalue weighted by Gasteiger charge is 2.29. The van der Waals surface area contributed by atoms with E-state index in [0.29, 0.717) is 0 Å². The largest absolute Gasteiger partial charge is 0.296 e. The maximum absolute atomic E-state index is 9.10. The minimum atomic E-state index is 0.189. The van der Waals surface area contributed by atoms with Crippen molar-refractivity contribution in [3.63, 3.8) is 0 Å². The molecule has 0 heterocycles. The van der Waals surface area contributed by atoms with E-state index < -0.39 is 0 Å². The van der Waals surface area contributed by atoms with E-state index in [4.69, 9.17) is 5.26 Å². The van der Waals surface area contributed by atoms with Crippen molar-refractivity contribution in [2.45, 2.75) is 83.2 Å². The van der Waals surface area contributed by atoms with Gasteiger partial charge in [0.1, 0.15) is 0 Å². The summed E-state index contributed by atoms with van der Waals surface area (Å²) in [5, 5.41) is 9.10. The Balaban J connectivity index is 1.98. The smallest absolute Gasteiger partial charge is 0.0666 e. The van der Waals surface area contributed by atoms with E-state index in [2.05, 4.69) is 17.9 Å². The van der Waals surface area contributed by atoms with Crippen LogP contribution in [0.5, 0.6) is 0 Å². The monoisotopic (exact) mass is 248 g/mol. The van der Waals surface area contributed by atoms with Gasteiger partial charge in [0, 0.05) is 18.6 Å². The van der Waals surface area contributed by atoms with E-state index in [-0.39, 0.29) is 5.92 Å². The van der Waals surface area contributed by atoms with Crippen molar-refractivity contribution in [1.82, 2.24) is 4.90 Å².